The smallest absolute Gasteiger partial charge is 0.221 e. The van der Waals surface area contributed by atoms with Gasteiger partial charge in [-0.05, 0) is 29.3 Å². The van der Waals surface area contributed by atoms with Gasteiger partial charge < -0.3 is 15.5 Å². The minimum atomic E-state index is -0.0414. The van der Waals surface area contributed by atoms with Crippen LogP contribution in [-0.2, 0) is 17.9 Å². The van der Waals surface area contributed by atoms with E-state index in [0.29, 0.717) is 0 Å². The highest BCUT2D eigenvalue weighted by molar-refractivity contribution is 5.88. The predicted molar refractivity (Wildman–Crippen MR) is 89.9 cm³/mol. The lowest BCUT2D eigenvalue weighted by atomic mass is 10.1. The molecule has 1 aliphatic heterocycles. The molecule has 0 radical (unpaired) electrons. The van der Waals surface area contributed by atoms with E-state index in [-0.39, 0.29) is 5.91 Å². The third-order valence-electron chi connectivity index (χ3n) is 3.85. The number of para-hydroxylation sites is 1. The van der Waals surface area contributed by atoms with Gasteiger partial charge in [-0.15, -0.1) is 0 Å². The summed E-state index contributed by atoms with van der Waals surface area (Å²) in [6.07, 6.45) is 0. The Balaban J connectivity index is 1.76. The Hall–Kier alpha value is -2.33. The van der Waals surface area contributed by atoms with Crippen LogP contribution >= 0.6 is 0 Å². The first-order chi connectivity index (χ1) is 10.7. The molecule has 1 amide bonds. The number of amides is 1. The Morgan fingerprint density at radius 2 is 1.95 bits per heavy atom. The number of rotatable bonds is 3. The second-order valence-corrected chi connectivity index (χ2v) is 5.61. The van der Waals surface area contributed by atoms with Gasteiger partial charge in [0.1, 0.15) is 0 Å². The van der Waals surface area contributed by atoms with Gasteiger partial charge in [-0.25, -0.2) is 0 Å². The zero-order chi connectivity index (χ0) is 15.4. The van der Waals surface area contributed by atoms with Crippen LogP contribution in [0.5, 0.6) is 0 Å². The Labute approximate surface area is 131 Å². The summed E-state index contributed by atoms with van der Waals surface area (Å²) in [5.41, 5.74) is 4.73. The maximum atomic E-state index is 11.1. The number of carbonyl (C=O) groups excluding carboxylic acids is 1. The molecular weight excluding hydrogens is 274 g/mol. The lowest BCUT2D eigenvalue weighted by Crippen LogP contribution is -2.28. The van der Waals surface area contributed by atoms with Crippen molar-refractivity contribution in [2.24, 2.45) is 0 Å². The highest BCUT2D eigenvalue weighted by Gasteiger charge is 2.14. The summed E-state index contributed by atoms with van der Waals surface area (Å²) in [6.45, 7) is 5.30. The van der Waals surface area contributed by atoms with E-state index in [9.17, 15) is 4.79 Å². The minimum Gasteiger partial charge on any atom is -0.366 e. The Kier molecular flexibility index (Phi) is 4.39. The average molecular weight is 295 g/mol. The number of nitrogens with zero attached hydrogens (tertiary/aromatic N) is 1. The van der Waals surface area contributed by atoms with E-state index in [2.05, 4.69) is 51.9 Å². The number of hydrogen-bond donors (Lipinski definition) is 2. The molecule has 0 saturated heterocycles. The molecule has 1 heterocycles. The highest BCUT2D eigenvalue weighted by atomic mass is 16.1. The molecule has 1 aliphatic rings. The van der Waals surface area contributed by atoms with Crippen molar-refractivity contribution < 1.29 is 4.79 Å². The first-order valence-electron chi connectivity index (χ1n) is 7.62. The van der Waals surface area contributed by atoms with Gasteiger partial charge in [0.25, 0.3) is 0 Å². The van der Waals surface area contributed by atoms with Crippen molar-refractivity contribution in [3.8, 4) is 0 Å². The lowest BCUT2D eigenvalue weighted by Gasteiger charge is -2.24. The van der Waals surface area contributed by atoms with Crippen molar-refractivity contribution in [3.05, 3.63) is 59.7 Å². The molecular formula is C18H21N3O. The van der Waals surface area contributed by atoms with Crippen LogP contribution in [0.25, 0.3) is 0 Å². The largest absolute Gasteiger partial charge is 0.366 e. The van der Waals surface area contributed by atoms with Crippen molar-refractivity contribution in [3.63, 3.8) is 0 Å². The third kappa shape index (κ3) is 3.46. The molecule has 0 fully saturated rings. The predicted octanol–water partition coefficient (Wildman–Crippen LogP) is 2.75. The Morgan fingerprint density at radius 1 is 1.18 bits per heavy atom. The molecule has 0 spiro atoms. The molecule has 0 aliphatic carbocycles. The van der Waals surface area contributed by atoms with Crippen LogP contribution in [0.4, 0.5) is 11.4 Å². The van der Waals surface area contributed by atoms with E-state index in [1.54, 1.807) is 0 Å². The van der Waals surface area contributed by atoms with Gasteiger partial charge in [-0.2, -0.15) is 0 Å². The fourth-order valence-corrected chi connectivity index (χ4v) is 2.81. The maximum Gasteiger partial charge on any atom is 0.221 e. The van der Waals surface area contributed by atoms with Gasteiger partial charge in [-0.1, -0.05) is 30.3 Å². The molecule has 0 saturated carbocycles. The van der Waals surface area contributed by atoms with Crippen molar-refractivity contribution in [2.45, 2.75) is 20.0 Å². The zero-order valence-corrected chi connectivity index (χ0v) is 12.8. The van der Waals surface area contributed by atoms with Gasteiger partial charge in [0, 0.05) is 44.5 Å². The van der Waals surface area contributed by atoms with Crippen LogP contribution < -0.4 is 15.5 Å². The topological polar surface area (TPSA) is 44.4 Å². The summed E-state index contributed by atoms with van der Waals surface area (Å²) in [7, 11) is 0. The van der Waals surface area contributed by atoms with E-state index in [4.69, 9.17) is 0 Å². The summed E-state index contributed by atoms with van der Waals surface area (Å²) in [4.78, 5) is 13.5. The molecule has 22 heavy (non-hydrogen) atoms. The molecule has 0 atom stereocenters. The molecule has 4 heteroatoms. The van der Waals surface area contributed by atoms with Crippen molar-refractivity contribution in [1.29, 1.82) is 0 Å². The SMILES string of the molecule is CC(=O)Nc1ccc(CN2CCNCc3ccccc32)cc1. The van der Waals surface area contributed by atoms with Crippen molar-refractivity contribution in [2.75, 3.05) is 23.3 Å². The van der Waals surface area contributed by atoms with E-state index < -0.39 is 0 Å². The van der Waals surface area contributed by atoms with E-state index in [1.807, 2.05) is 12.1 Å². The quantitative estimate of drug-likeness (QED) is 0.915. The van der Waals surface area contributed by atoms with Crippen LogP contribution in [0.15, 0.2) is 48.5 Å². The number of hydrogen-bond acceptors (Lipinski definition) is 3. The molecule has 0 bridgehead atoms. The number of anilines is 2. The third-order valence-corrected chi connectivity index (χ3v) is 3.85. The standard InChI is InChI=1S/C18H21N3O/c1-14(22)20-17-8-6-15(7-9-17)13-21-11-10-19-12-16-4-2-3-5-18(16)21/h2-9,19H,10-13H2,1H3,(H,20,22). The molecule has 4 nitrogen and oxygen atoms in total. The second-order valence-electron chi connectivity index (χ2n) is 5.61. The minimum absolute atomic E-state index is 0.0414. The van der Waals surface area contributed by atoms with E-state index >= 15 is 0 Å². The normalized spacial score (nSPS) is 14.1. The van der Waals surface area contributed by atoms with Gasteiger partial charge in [0.05, 0.1) is 0 Å². The molecule has 2 N–H and O–H groups in total. The fourth-order valence-electron chi connectivity index (χ4n) is 2.81. The first kappa shape index (κ1) is 14.6. The van der Waals surface area contributed by atoms with E-state index in [1.165, 1.54) is 23.7 Å². The Bertz CT molecular complexity index is 652. The summed E-state index contributed by atoms with van der Waals surface area (Å²) in [5.74, 6) is -0.0414. The lowest BCUT2D eigenvalue weighted by molar-refractivity contribution is -0.114. The number of carbonyl (C=O) groups is 1. The van der Waals surface area contributed by atoms with Crippen LogP contribution in [0.2, 0.25) is 0 Å². The van der Waals surface area contributed by atoms with Crippen LogP contribution in [-0.4, -0.2) is 19.0 Å². The van der Waals surface area contributed by atoms with E-state index in [0.717, 1.165) is 31.9 Å². The van der Waals surface area contributed by atoms with Crippen LogP contribution in [0.1, 0.15) is 18.1 Å². The maximum absolute atomic E-state index is 11.1. The monoisotopic (exact) mass is 295 g/mol. The van der Waals surface area contributed by atoms with Gasteiger partial charge >= 0.3 is 0 Å². The summed E-state index contributed by atoms with van der Waals surface area (Å²) >= 11 is 0. The number of fused-ring (bicyclic) bond motifs is 1. The molecule has 0 unspecified atom stereocenters. The number of benzene rings is 2. The molecule has 2 aromatic carbocycles. The first-order valence-corrected chi connectivity index (χ1v) is 7.62. The molecule has 3 rings (SSSR count). The molecule has 114 valence electrons. The van der Waals surface area contributed by atoms with Crippen LogP contribution in [0, 0.1) is 0 Å². The van der Waals surface area contributed by atoms with Gasteiger partial charge in [0.15, 0.2) is 0 Å². The summed E-state index contributed by atoms with van der Waals surface area (Å²) < 4.78 is 0. The fraction of sp³-hybridized carbons (Fsp3) is 0.278. The summed E-state index contributed by atoms with van der Waals surface area (Å²) in [5, 5.41) is 6.26. The van der Waals surface area contributed by atoms with Gasteiger partial charge in [-0.3, -0.25) is 4.79 Å². The summed E-state index contributed by atoms with van der Waals surface area (Å²) in [6, 6.07) is 16.6. The average Bonchev–Trinajstić information content (AvgIpc) is 2.71. The molecule has 2 aromatic rings. The Morgan fingerprint density at radius 3 is 2.73 bits per heavy atom. The number of nitrogens with one attached hydrogen (secondary N) is 2. The highest BCUT2D eigenvalue weighted by Crippen LogP contribution is 2.24. The molecule has 0 aromatic heterocycles. The van der Waals surface area contributed by atoms with Gasteiger partial charge in [0.2, 0.25) is 5.91 Å². The second kappa shape index (κ2) is 6.62. The van der Waals surface area contributed by atoms with Crippen molar-refractivity contribution >= 4 is 17.3 Å². The zero-order valence-electron chi connectivity index (χ0n) is 12.8. The van der Waals surface area contributed by atoms with Crippen molar-refractivity contribution in [1.82, 2.24) is 5.32 Å². The van der Waals surface area contributed by atoms with Crippen LogP contribution in [0.3, 0.4) is 0 Å².